The van der Waals surface area contributed by atoms with Crippen LogP contribution in [0.2, 0.25) is 5.02 Å². The van der Waals surface area contributed by atoms with Gasteiger partial charge >= 0.3 is 0 Å². The van der Waals surface area contributed by atoms with Gasteiger partial charge in [0.15, 0.2) is 5.82 Å². The Morgan fingerprint density at radius 1 is 1.42 bits per heavy atom. The van der Waals surface area contributed by atoms with Gasteiger partial charge in [0.05, 0.1) is 18.2 Å². The van der Waals surface area contributed by atoms with Crippen LogP contribution in [0, 0.1) is 0 Å². The van der Waals surface area contributed by atoms with Gasteiger partial charge < -0.3 is 14.2 Å². The Morgan fingerprint density at radius 2 is 2.26 bits per heavy atom. The van der Waals surface area contributed by atoms with Crippen molar-refractivity contribution in [1.82, 2.24) is 19.7 Å². The van der Waals surface area contributed by atoms with Crippen LogP contribution in [0.4, 0.5) is 5.82 Å². The summed E-state index contributed by atoms with van der Waals surface area (Å²) in [4.78, 5) is 6.25. The summed E-state index contributed by atoms with van der Waals surface area (Å²) in [7, 11) is 3.62. The molecular weight excluding hydrogens is 266 g/mol. The van der Waals surface area contributed by atoms with Crippen molar-refractivity contribution in [1.29, 1.82) is 0 Å². The lowest BCUT2D eigenvalue weighted by molar-refractivity contribution is 0.186. The maximum atomic E-state index is 5.82. The summed E-state index contributed by atoms with van der Waals surface area (Å²) in [5.41, 5.74) is 0. The SMILES string of the molecule is COCCn1cnnc1CN(C)c1ccc(Cl)cn1. The number of ether oxygens (including phenoxy) is 1. The van der Waals surface area contributed by atoms with Gasteiger partial charge in [-0.25, -0.2) is 4.98 Å². The molecule has 0 saturated carbocycles. The fraction of sp³-hybridized carbons (Fsp3) is 0.417. The second-order valence-corrected chi connectivity index (χ2v) is 4.56. The van der Waals surface area contributed by atoms with E-state index in [4.69, 9.17) is 16.3 Å². The van der Waals surface area contributed by atoms with Crippen molar-refractivity contribution in [2.45, 2.75) is 13.1 Å². The lowest BCUT2D eigenvalue weighted by Gasteiger charge is -2.17. The molecule has 0 amide bonds. The van der Waals surface area contributed by atoms with Gasteiger partial charge in [0.25, 0.3) is 0 Å². The molecule has 7 heteroatoms. The van der Waals surface area contributed by atoms with E-state index in [-0.39, 0.29) is 0 Å². The van der Waals surface area contributed by atoms with E-state index in [2.05, 4.69) is 15.2 Å². The van der Waals surface area contributed by atoms with Crippen molar-refractivity contribution >= 4 is 17.4 Å². The molecule has 0 bridgehead atoms. The zero-order chi connectivity index (χ0) is 13.7. The third-order valence-electron chi connectivity index (χ3n) is 2.71. The first kappa shape index (κ1) is 13.8. The lowest BCUT2D eigenvalue weighted by atomic mass is 10.4. The van der Waals surface area contributed by atoms with Crippen LogP contribution in [-0.2, 0) is 17.8 Å². The van der Waals surface area contributed by atoms with E-state index in [1.54, 1.807) is 19.6 Å². The molecule has 0 aliphatic carbocycles. The van der Waals surface area contributed by atoms with Gasteiger partial charge in [-0.2, -0.15) is 0 Å². The standard InChI is InChI=1S/C12H16ClN5O/c1-17(11-4-3-10(13)7-14-11)8-12-16-15-9-18(12)5-6-19-2/h3-4,7,9H,5-6,8H2,1-2H3. The molecule has 0 N–H and O–H groups in total. The van der Waals surface area contributed by atoms with Crippen LogP contribution >= 0.6 is 11.6 Å². The molecule has 2 aromatic rings. The third kappa shape index (κ3) is 3.65. The second kappa shape index (κ2) is 6.49. The number of nitrogens with zero attached hydrogens (tertiary/aromatic N) is 5. The average Bonchev–Trinajstić information content (AvgIpc) is 2.84. The molecule has 2 aromatic heterocycles. The normalized spacial score (nSPS) is 10.7. The van der Waals surface area contributed by atoms with Crippen molar-refractivity contribution < 1.29 is 4.74 Å². The Morgan fingerprint density at radius 3 is 2.95 bits per heavy atom. The highest BCUT2D eigenvalue weighted by Gasteiger charge is 2.09. The van der Waals surface area contributed by atoms with E-state index in [0.717, 1.165) is 18.2 Å². The van der Waals surface area contributed by atoms with Crippen LogP contribution in [0.3, 0.4) is 0 Å². The Kier molecular flexibility index (Phi) is 4.70. The van der Waals surface area contributed by atoms with Crippen molar-refractivity contribution in [3.63, 3.8) is 0 Å². The van der Waals surface area contributed by atoms with Crippen LogP contribution in [0.25, 0.3) is 0 Å². The van der Waals surface area contributed by atoms with Crippen LogP contribution in [0.1, 0.15) is 5.82 Å². The minimum atomic E-state index is 0.623. The summed E-state index contributed by atoms with van der Waals surface area (Å²) in [5, 5.41) is 8.66. The molecule has 19 heavy (non-hydrogen) atoms. The van der Waals surface area contributed by atoms with E-state index in [1.807, 2.05) is 28.6 Å². The van der Waals surface area contributed by atoms with Gasteiger partial charge in [0.1, 0.15) is 12.1 Å². The molecule has 0 atom stereocenters. The zero-order valence-corrected chi connectivity index (χ0v) is 11.7. The Bertz CT molecular complexity index is 513. The molecule has 0 radical (unpaired) electrons. The third-order valence-corrected chi connectivity index (χ3v) is 2.94. The van der Waals surface area contributed by atoms with Gasteiger partial charge in [-0.1, -0.05) is 11.6 Å². The van der Waals surface area contributed by atoms with E-state index in [9.17, 15) is 0 Å². The lowest BCUT2D eigenvalue weighted by Crippen LogP contribution is -2.21. The molecule has 0 saturated heterocycles. The molecule has 102 valence electrons. The molecule has 2 heterocycles. The molecular formula is C12H16ClN5O. The summed E-state index contributed by atoms with van der Waals surface area (Å²) >= 11 is 5.82. The number of hydrogen-bond donors (Lipinski definition) is 0. The molecule has 0 aromatic carbocycles. The first-order chi connectivity index (χ1) is 9.20. The van der Waals surface area contributed by atoms with E-state index < -0.39 is 0 Å². The van der Waals surface area contributed by atoms with Gasteiger partial charge in [-0.05, 0) is 12.1 Å². The average molecular weight is 282 g/mol. The molecule has 0 aliphatic heterocycles. The molecule has 0 aliphatic rings. The number of rotatable bonds is 6. The summed E-state index contributed by atoms with van der Waals surface area (Å²) in [5.74, 6) is 1.71. The largest absolute Gasteiger partial charge is 0.383 e. The van der Waals surface area contributed by atoms with Gasteiger partial charge in [0.2, 0.25) is 0 Å². The molecule has 0 spiro atoms. The summed E-state index contributed by atoms with van der Waals surface area (Å²) < 4.78 is 7.02. The van der Waals surface area contributed by atoms with Crippen LogP contribution in [0.15, 0.2) is 24.7 Å². The minimum absolute atomic E-state index is 0.623. The number of aromatic nitrogens is 4. The number of anilines is 1. The summed E-state index contributed by atoms with van der Waals surface area (Å²) in [6, 6.07) is 3.69. The quantitative estimate of drug-likeness (QED) is 0.805. The van der Waals surface area contributed by atoms with Crippen molar-refractivity contribution in [3.05, 3.63) is 35.5 Å². The highest BCUT2D eigenvalue weighted by atomic mass is 35.5. The van der Waals surface area contributed by atoms with Crippen molar-refractivity contribution in [3.8, 4) is 0 Å². The predicted molar refractivity (Wildman–Crippen MR) is 73.3 cm³/mol. The Balaban J connectivity index is 2.04. The van der Waals surface area contributed by atoms with E-state index >= 15 is 0 Å². The Labute approximate surface area is 117 Å². The molecule has 0 fully saturated rings. The first-order valence-electron chi connectivity index (χ1n) is 5.89. The van der Waals surface area contributed by atoms with Crippen LogP contribution in [-0.4, -0.2) is 40.5 Å². The maximum Gasteiger partial charge on any atom is 0.152 e. The first-order valence-corrected chi connectivity index (χ1v) is 6.27. The number of halogens is 1. The number of hydrogen-bond acceptors (Lipinski definition) is 5. The highest BCUT2D eigenvalue weighted by Crippen LogP contribution is 2.14. The summed E-state index contributed by atoms with van der Waals surface area (Å²) in [6.07, 6.45) is 3.33. The molecule has 0 unspecified atom stereocenters. The van der Waals surface area contributed by atoms with Crippen molar-refractivity contribution in [2.75, 3.05) is 25.7 Å². The summed E-state index contributed by atoms with van der Waals surface area (Å²) in [6.45, 7) is 1.99. The van der Waals surface area contributed by atoms with E-state index in [0.29, 0.717) is 18.2 Å². The molecule has 6 nitrogen and oxygen atoms in total. The van der Waals surface area contributed by atoms with Crippen LogP contribution < -0.4 is 4.90 Å². The zero-order valence-electron chi connectivity index (χ0n) is 11.0. The minimum Gasteiger partial charge on any atom is -0.383 e. The fourth-order valence-corrected chi connectivity index (χ4v) is 1.78. The Hall–Kier alpha value is -1.66. The number of pyridine rings is 1. The van der Waals surface area contributed by atoms with Gasteiger partial charge in [-0.15, -0.1) is 10.2 Å². The van der Waals surface area contributed by atoms with Crippen LogP contribution in [0.5, 0.6) is 0 Å². The second-order valence-electron chi connectivity index (χ2n) is 4.12. The maximum absolute atomic E-state index is 5.82. The highest BCUT2D eigenvalue weighted by molar-refractivity contribution is 6.30. The topological polar surface area (TPSA) is 56.1 Å². The van der Waals surface area contributed by atoms with Crippen molar-refractivity contribution in [2.24, 2.45) is 0 Å². The number of methoxy groups -OCH3 is 1. The van der Waals surface area contributed by atoms with Gasteiger partial charge in [-0.3, -0.25) is 0 Å². The molecule has 2 rings (SSSR count). The fourth-order valence-electron chi connectivity index (χ4n) is 1.66. The monoisotopic (exact) mass is 281 g/mol. The van der Waals surface area contributed by atoms with E-state index in [1.165, 1.54) is 0 Å². The van der Waals surface area contributed by atoms with Gasteiger partial charge in [0, 0.05) is 26.9 Å². The smallest absolute Gasteiger partial charge is 0.152 e. The predicted octanol–water partition coefficient (Wildman–Crippen LogP) is 1.61.